The van der Waals surface area contributed by atoms with Gasteiger partial charge in [0.25, 0.3) is 5.97 Å². The summed E-state index contributed by atoms with van der Waals surface area (Å²) in [5, 5.41) is 25.5. The van der Waals surface area contributed by atoms with Crippen LogP contribution in [0.15, 0.2) is 110 Å². The normalized spacial score (nSPS) is 10.6. The molecule has 0 aliphatic heterocycles. The zero-order valence-electron chi connectivity index (χ0n) is 37.0. The first-order valence-corrected chi connectivity index (χ1v) is 19.9. The van der Waals surface area contributed by atoms with E-state index in [1.54, 1.807) is 54.9 Å². The Bertz CT molecular complexity index is 2360. The van der Waals surface area contributed by atoms with Gasteiger partial charge in [0.15, 0.2) is 23.3 Å². The van der Waals surface area contributed by atoms with Gasteiger partial charge >= 0.3 is 12.4 Å². The molecule has 15 nitrogen and oxygen atoms in total. The fourth-order valence-corrected chi connectivity index (χ4v) is 5.33. The van der Waals surface area contributed by atoms with Crippen LogP contribution in [-0.2, 0) is 21.9 Å². The van der Waals surface area contributed by atoms with Gasteiger partial charge < -0.3 is 53.3 Å². The summed E-state index contributed by atoms with van der Waals surface area (Å²) in [6.07, 6.45) is -2.91. The molecule has 11 N–H and O–H groups in total. The number of hydrogen-bond acceptors (Lipinski definition) is 14. The number of carbonyl (C=O) groups excluding carboxylic acids is 1. The van der Waals surface area contributed by atoms with Crippen molar-refractivity contribution in [2.75, 3.05) is 43.4 Å². The van der Waals surface area contributed by atoms with E-state index in [1.807, 2.05) is 39.8 Å². The molecule has 0 fully saturated rings. The standard InChI is InChI=1S/C23H27F3N6.C17H15F3N6.C3H6O.C2H4O2.CH4/c1-14(2)29-19-7-5-9-27-21(19)31-17-11-16(23(24,25)26)12-18(13-17)32-22-20(30-15(3)4)8-6-10-28-22;18-17(19,20)10-7-11(25-15-13(21)3-1-5-23-15)9-12(8-10)26-16-14(22)4-2-6-24-16;1-3(2)4;1-2(3)4;/h5-15,29-30H,1-4H3,(H,27,31)(H,28,32);1-9H,21-22H2,(H,23,25)(H,24,26);1-2H3;1H3,(H,3,4);1H4. The lowest BCUT2D eigenvalue weighted by molar-refractivity contribution is -0.138. The molecule has 360 valence electrons. The maximum Gasteiger partial charge on any atom is 0.416 e. The molecule has 0 unspecified atom stereocenters. The summed E-state index contributed by atoms with van der Waals surface area (Å²) >= 11 is 0. The third kappa shape index (κ3) is 19.8. The molecule has 4 heterocycles. The molecule has 6 rings (SSSR count). The van der Waals surface area contributed by atoms with Gasteiger partial charge in [-0.2, -0.15) is 26.3 Å². The Morgan fingerprint density at radius 2 is 0.776 bits per heavy atom. The van der Waals surface area contributed by atoms with Crippen LogP contribution in [0.4, 0.5) is 95.1 Å². The quantitative estimate of drug-likeness (QED) is 0.0520. The topological polar surface area (TPSA) is 230 Å². The van der Waals surface area contributed by atoms with Crippen LogP contribution in [0.3, 0.4) is 0 Å². The zero-order valence-corrected chi connectivity index (χ0v) is 37.0. The Hall–Kier alpha value is -7.84. The molecule has 0 bridgehead atoms. The van der Waals surface area contributed by atoms with Crippen LogP contribution in [0.1, 0.15) is 67.0 Å². The number of aliphatic carboxylic acids is 1. The molecule has 0 aliphatic carbocycles. The van der Waals surface area contributed by atoms with E-state index in [2.05, 4.69) is 51.8 Å². The first-order valence-electron chi connectivity index (χ1n) is 19.9. The van der Waals surface area contributed by atoms with Crippen molar-refractivity contribution in [1.29, 1.82) is 0 Å². The number of nitrogens with two attached hydrogens (primary N) is 2. The van der Waals surface area contributed by atoms with E-state index >= 15 is 0 Å². The second-order valence-electron chi connectivity index (χ2n) is 14.8. The lowest BCUT2D eigenvalue weighted by Crippen LogP contribution is -2.13. The van der Waals surface area contributed by atoms with Gasteiger partial charge in [0.05, 0.1) is 33.9 Å². The maximum atomic E-state index is 13.6. The summed E-state index contributed by atoms with van der Waals surface area (Å²) in [7, 11) is 0. The number of carboxylic acids is 1. The number of halogens is 6. The Kier molecular flexibility index (Phi) is 21.1. The SMILES string of the molecule is C.CC(=O)O.CC(C)=O.CC(C)Nc1cccnc1Nc1cc(Nc2ncccc2NC(C)C)cc(C(F)(F)F)c1.Nc1cccnc1Nc1cc(Nc2ncccc2N)cc(C(F)(F)F)c1. The summed E-state index contributed by atoms with van der Waals surface area (Å²) in [6.45, 7) is 12.0. The van der Waals surface area contributed by atoms with Gasteiger partial charge in [0.1, 0.15) is 5.78 Å². The van der Waals surface area contributed by atoms with E-state index in [0.717, 1.165) is 31.2 Å². The Morgan fingerprint density at radius 1 is 0.522 bits per heavy atom. The number of Topliss-reactive ketones (excluding diaryl/α,β-unsaturated/α-hetero) is 1. The van der Waals surface area contributed by atoms with Crippen LogP contribution >= 0.6 is 0 Å². The summed E-state index contributed by atoms with van der Waals surface area (Å²) in [5.41, 5.74) is 12.8. The number of alkyl halides is 6. The lowest BCUT2D eigenvalue weighted by Gasteiger charge is -2.18. The molecule has 2 aromatic carbocycles. The monoisotopic (exact) mass is 938 g/mol. The molecule has 0 aliphatic rings. The smallest absolute Gasteiger partial charge is 0.416 e. The highest BCUT2D eigenvalue weighted by Crippen LogP contribution is 2.38. The molecule has 6 aromatic rings. The lowest BCUT2D eigenvalue weighted by atomic mass is 10.1. The second-order valence-corrected chi connectivity index (χ2v) is 14.8. The number of aromatic nitrogens is 4. The van der Waals surface area contributed by atoms with Gasteiger partial charge in [0.2, 0.25) is 0 Å². The highest BCUT2D eigenvalue weighted by Gasteiger charge is 2.32. The zero-order chi connectivity index (χ0) is 49.2. The van der Waals surface area contributed by atoms with E-state index in [-0.39, 0.29) is 59.7 Å². The minimum Gasteiger partial charge on any atom is -0.481 e. The Morgan fingerprint density at radius 3 is 1.03 bits per heavy atom. The third-order valence-electron chi connectivity index (χ3n) is 7.75. The molecule has 0 saturated carbocycles. The van der Waals surface area contributed by atoms with Gasteiger partial charge in [-0.15, -0.1) is 0 Å². The fraction of sp³-hybridized carbons (Fsp3) is 0.261. The Labute approximate surface area is 385 Å². The molecular weight excluding hydrogens is 883 g/mol. The summed E-state index contributed by atoms with van der Waals surface area (Å²) < 4.78 is 80.6. The minimum atomic E-state index is -4.53. The highest BCUT2D eigenvalue weighted by molar-refractivity contribution is 5.78. The predicted octanol–water partition coefficient (Wildman–Crippen LogP) is 12.1. The summed E-state index contributed by atoms with van der Waals surface area (Å²) in [4.78, 5) is 35.1. The van der Waals surface area contributed by atoms with E-state index in [0.29, 0.717) is 34.4 Å². The van der Waals surface area contributed by atoms with Crippen molar-refractivity contribution < 1.29 is 41.0 Å². The van der Waals surface area contributed by atoms with Crippen LogP contribution < -0.4 is 43.4 Å². The number of nitrogen functional groups attached to an aromatic ring is 2. The van der Waals surface area contributed by atoms with Crippen molar-refractivity contribution in [3.8, 4) is 0 Å². The van der Waals surface area contributed by atoms with Gasteiger partial charge in [-0.25, -0.2) is 19.9 Å². The molecular formula is C46H56F6N12O3. The van der Waals surface area contributed by atoms with E-state index in [1.165, 1.54) is 32.3 Å². The number of ketones is 1. The highest BCUT2D eigenvalue weighted by atomic mass is 19.4. The number of rotatable bonds is 12. The molecule has 0 saturated heterocycles. The molecule has 67 heavy (non-hydrogen) atoms. The van der Waals surface area contributed by atoms with Crippen molar-refractivity contribution in [2.45, 2.75) is 80.3 Å². The van der Waals surface area contributed by atoms with Gasteiger partial charge in [-0.3, -0.25) is 4.79 Å². The fourth-order valence-electron chi connectivity index (χ4n) is 5.33. The first kappa shape index (κ1) is 55.3. The van der Waals surface area contributed by atoms with Gasteiger partial charge in [-0.1, -0.05) is 7.43 Å². The maximum absolute atomic E-state index is 13.6. The molecule has 21 heteroatoms. The molecule has 0 atom stereocenters. The van der Waals surface area contributed by atoms with Crippen molar-refractivity contribution in [3.05, 3.63) is 121 Å². The van der Waals surface area contributed by atoms with Crippen molar-refractivity contribution >= 4 is 80.5 Å². The van der Waals surface area contributed by atoms with E-state index in [4.69, 9.17) is 21.4 Å². The van der Waals surface area contributed by atoms with Gasteiger partial charge in [-0.05, 0) is 126 Å². The van der Waals surface area contributed by atoms with E-state index < -0.39 is 29.4 Å². The Balaban J connectivity index is 0.000000397. The predicted molar refractivity (Wildman–Crippen MR) is 256 cm³/mol. The number of carboxylic acid groups (broad SMARTS) is 1. The number of pyridine rings is 4. The van der Waals surface area contributed by atoms with Gasteiger partial charge in [0, 0.05) is 66.5 Å². The minimum absolute atomic E-state index is 0. The van der Waals surface area contributed by atoms with Crippen LogP contribution in [-0.4, -0.2) is 48.9 Å². The number of nitrogens with one attached hydrogen (secondary N) is 6. The van der Waals surface area contributed by atoms with Crippen LogP contribution in [0.5, 0.6) is 0 Å². The third-order valence-corrected chi connectivity index (χ3v) is 7.75. The molecule has 0 amide bonds. The number of nitrogens with zero attached hydrogens (tertiary/aromatic N) is 4. The number of carbonyl (C=O) groups is 2. The van der Waals surface area contributed by atoms with Crippen molar-refractivity contribution in [1.82, 2.24) is 19.9 Å². The largest absolute Gasteiger partial charge is 0.481 e. The van der Waals surface area contributed by atoms with Crippen LogP contribution in [0, 0.1) is 0 Å². The second kappa shape index (κ2) is 25.6. The molecule has 0 radical (unpaired) electrons. The van der Waals surface area contributed by atoms with Crippen LogP contribution in [0.25, 0.3) is 0 Å². The average Bonchev–Trinajstić information content (AvgIpc) is 3.20. The summed E-state index contributed by atoms with van der Waals surface area (Å²) in [5.74, 6) is 0.725. The number of hydrogen-bond donors (Lipinski definition) is 9. The van der Waals surface area contributed by atoms with E-state index in [9.17, 15) is 31.1 Å². The van der Waals surface area contributed by atoms with Crippen molar-refractivity contribution in [3.63, 3.8) is 0 Å². The number of benzene rings is 2. The number of anilines is 12. The van der Waals surface area contributed by atoms with Crippen LogP contribution in [0.2, 0.25) is 0 Å². The first-order chi connectivity index (χ1) is 30.9. The molecule has 0 spiro atoms. The van der Waals surface area contributed by atoms with Crippen molar-refractivity contribution in [2.24, 2.45) is 0 Å². The molecule has 4 aromatic heterocycles. The summed E-state index contributed by atoms with van der Waals surface area (Å²) in [6, 6.07) is 21.0. The average molecular weight is 939 g/mol.